The summed E-state index contributed by atoms with van der Waals surface area (Å²) in [5.41, 5.74) is 8.42. The van der Waals surface area contributed by atoms with E-state index in [1.54, 1.807) is 24.4 Å². The molecule has 0 aliphatic rings. The summed E-state index contributed by atoms with van der Waals surface area (Å²) in [5.74, 6) is -0.0247. The van der Waals surface area contributed by atoms with E-state index in [9.17, 15) is 9.59 Å². The summed E-state index contributed by atoms with van der Waals surface area (Å²) in [6.07, 6.45) is 2.89. The molecule has 1 amide bonds. The Hall–Kier alpha value is -2.99. The number of rotatable bonds is 5. The fourth-order valence-electron chi connectivity index (χ4n) is 2.73. The van der Waals surface area contributed by atoms with E-state index >= 15 is 0 Å². The van der Waals surface area contributed by atoms with Gasteiger partial charge < -0.3 is 11.1 Å². The Labute approximate surface area is 151 Å². The van der Waals surface area contributed by atoms with Crippen LogP contribution in [0.2, 0.25) is 0 Å². The highest BCUT2D eigenvalue weighted by atomic mass is 16.2. The van der Waals surface area contributed by atoms with Gasteiger partial charge in [-0.15, -0.1) is 0 Å². The second-order valence-corrected chi connectivity index (χ2v) is 6.54. The second-order valence-electron chi connectivity index (χ2n) is 6.54. The average molecular weight is 350 g/mol. The summed E-state index contributed by atoms with van der Waals surface area (Å²) < 4.78 is 1.35. The summed E-state index contributed by atoms with van der Waals surface area (Å²) in [5, 5.41) is 2.72. The Kier molecular flexibility index (Phi) is 5.14. The van der Waals surface area contributed by atoms with Gasteiger partial charge in [0, 0.05) is 25.0 Å². The molecular formula is C20H22N4O2. The Balaban J connectivity index is 1.70. The largest absolute Gasteiger partial charge is 0.350 e. The zero-order valence-corrected chi connectivity index (χ0v) is 14.8. The fraction of sp³-hybridized carbons (Fsp3) is 0.250. The summed E-state index contributed by atoms with van der Waals surface area (Å²) in [6.45, 7) is 4.49. The van der Waals surface area contributed by atoms with E-state index in [2.05, 4.69) is 24.1 Å². The smallest absolute Gasteiger partial charge is 0.270 e. The van der Waals surface area contributed by atoms with Crippen molar-refractivity contribution in [1.82, 2.24) is 14.7 Å². The van der Waals surface area contributed by atoms with E-state index in [-0.39, 0.29) is 18.2 Å². The zero-order valence-electron chi connectivity index (χ0n) is 14.8. The van der Waals surface area contributed by atoms with Gasteiger partial charge in [-0.3, -0.25) is 14.0 Å². The van der Waals surface area contributed by atoms with Crippen molar-refractivity contribution in [3.63, 3.8) is 0 Å². The van der Waals surface area contributed by atoms with Gasteiger partial charge in [-0.2, -0.15) is 0 Å². The first-order valence-corrected chi connectivity index (χ1v) is 8.57. The minimum atomic E-state index is -0.477. The lowest BCUT2D eigenvalue weighted by Gasteiger charge is -2.14. The highest BCUT2D eigenvalue weighted by molar-refractivity contribution is 5.93. The first kappa shape index (κ1) is 17.8. The molecule has 3 aromatic rings. The minimum absolute atomic E-state index is 0.00365. The van der Waals surface area contributed by atoms with Gasteiger partial charge >= 0.3 is 0 Å². The number of nitrogens with one attached hydrogen (secondary N) is 1. The van der Waals surface area contributed by atoms with Gasteiger partial charge in [-0.25, -0.2) is 4.98 Å². The quantitative estimate of drug-likeness (QED) is 0.738. The summed E-state index contributed by atoms with van der Waals surface area (Å²) in [4.78, 5) is 28.9. The molecule has 0 aliphatic heterocycles. The van der Waals surface area contributed by atoms with Crippen molar-refractivity contribution < 1.29 is 4.79 Å². The maximum atomic E-state index is 12.4. The molecule has 134 valence electrons. The number of amides is 1. The van der Waals surface area contributed by atoms with Crippen LogP contribution >= 0.6 is 0 Å². The third kappa shape index (κ3) is 3.65. The topological polar surface area (TPSA) is 89.5 Å². The first-order valence-electron chi connectivity index (χ1n) is 8.57. The van der Waals surface area contributed by atoms with Crippen LogP contribution in [0.3, 0.4) is 0 Å². The standard InChI is InChI=1S/C20H22N4O2/c1-13(2)14-6-8-15(9-7-14)17(21)12-23-19(25)16-11-22-18-5-3-4-10-24(18)20(16)26/h3-11,13,17H,12,21H2,1-2H3,(H,23,25). The molecule has 0 saturated heterocycles. The monoisotopic (exact) mass is 350 g/mol. The van der Waals surface area contributed by atoms with E-state index in [1.165, 1.54) is 16.2 Å². The molecule has 3 rings (SSSR count). The number of fused-ring (bicyclic) bond motifs is 1. The number of aromatic nitrogens is 2. The van der Waals surface area contributed by atoms with Crippen molar-refractivity contribution in [2.45, 2.75) is 25.8 Å². The van der Waals surface area contributed by atoms with Gasteiger partial charge in [-0.05, 0) is 29.2 Å². The van der Waals surface area contributed by atoms with E-state index in [0.29, 0.717) is 11.6 Å². The van der Waals surface area contributed by atoms with Crippen LogP contribution in [0.25, 0.3) is 5.65 Å². The molecule has 26 heavy (non-hydrogen) atoms. The SMILES string of the molecule is CC(C)c1ccc(C(N)CNC(=O)c2cnc3ccccn3c2=O)cc1. The maximum Gasteiger partial charge on any atom is 0.270 e. The average Bonchev–Trinajstić information content (AvgIpc) is 2.66. The van der Waals surface area contributed by atoms with E-state index in [4.69, 9.17) is 5.73 Å². The van der Waals surface area contributed by atoms with E-state index in [0.717, 1.165) is 5.56 Å². The van der Waals surface area contributed by atoms with Crippen molar-refractivity contribution in [3.8, 4) is 0 Å². The fourth-order valence-corrected chi connectivity index (χ4v) is 2.73. The molecule has 0 fully saturated rings. The molecule has 6 nitrogen and oxygen atoms in total. The van der Waals surface area contributed by atoms with Gasteiger partial charge in [0.2, 0.25) is 0 Å². The molecule has 0 spiro atoms. The predicted octanol–water partition coefficient (Wildman–Crippen LogP) is 2.25. The number of hydrogen-bond donors (Lipinski definition) is 2. The molecule has 0 bridgehead atoms. The second kappa shape index (κ2) is 7.49. The zero-order chi connectivity index (χ0) is 18.7. The number of carbonyl (C=O) groups is 1. The molecule has 1 atom stereocenters. The highest BCUT2D eigenvalue weighted by Gasteiger charge is 2.15. The molecule has 0 radical (unpaired) electrons. The van der Waals surface area contributed by atoms with Gasteiger partial charge in [-0.1, -0.05) is 44.2 Å². The molecule has 3 N–H and O–H groups in total. The van der Waals surface area contributed by atoms with Crippen LogP contribution in [-0.4, -0.2) is 21.8 Å². The van der Waals surface area contributed by atoms with E-state index < -0.39 is 11.5 Å². The van der Waals surface area contributed by atoms with Gasteiger partial charge in [0.15, 0.2) is 0 Å². The molecule has 6 heteroatoms. The third-order valence-corrected chi connectivity index (χ3v) is 4.37. The number of nitrogens with two attached hydrogens (primary N) is 1. The van der Waals surface area contributed by atoms with Crippen LogP contribution in [0, 0.1) is 0 Å². The summed E-state index contributed by atoms with van der Waals surface area (Å²) in [7, 11) is 0. The Morgan fingerprint density at radius 3 is 2.54 bits per heavy atom. The summed E-state index contributed by atoms with van der Waals surface area (Å²) in [6, 6.07) is 12.9. The van der Waals surface area contributed by atoms with Gasteiger partial charge in [0.05, 0.1) is 0 Å². The number of pyridine rings is 1. The molecule has 0 aliphatic carbocycles. The Morgan fingerprint density at radius 1 is 1.15 bits per heavy atom. The molecule has 2 aromatic heterocycles. The van der Waals surface area contributed by atoms with Crippen molar-refractivity contribution in [2.24, 2.45) is 5.73 Å². The Morgan fingerprint density at radius 2 is 1.85 bits per heavy atom. The number of carbonyl (C=O) groups excluding carboxylic acids is 1. The van der Waals surface area contributed by atoms with Crippen molar-refractivity contribution >= 4 is 11.6 Å². The van der Waals surface area contributed by atoms with Gasteiger partial charge in [0.1, 0.15) is 11.2 Å². The van der Waals surface area contributed by atoms with Crippen LogP contribution in [0.15, 0.2) is 59.7 Å². The number of benzene rings is 1. The molecular weight excluding hydrogens is 328 g/mol. The molecule has 0 saturated carbocycles. The number of nitrogens with zero attached hydrogens (tertiary/aromatic N) is 2. The Bertz CT molecular complexity index is 977. The lowest BCUT2D eigenvalue weighted by Crippen LogP contribution is -2.35. The molecule has 2 heterocycles. The normalized spacial score (nSPS) is 12.3. The van der Waals surface area contributed by atoms with Crippen LogP contribution in [0.1, 0.15) is 47.3 Å². The highest BCUT2D eigenvalue weighted by Crippen LogP contribution is 2.17. The van der Waals surface area contributed by atoms with E-state index in [1.807, 2.05) is 24.3 Å². The predicted molar refractivity (Wildman–Crippen MR) is 101 cm³/mol. The third-order valence-electron chi connectivity index (χ3n) is 4.37. The van der Waals surface area contributed by atoms with Crippen LogP contribution in [0.5, 0.6) is 0 Å². The maximum absolute atomic E-state index is 12.4. The molecule has 1 unspecified atom stereocenters. The minimum Gasteiger partial charge on any atom is -0.350 e. The number of hydrogen-bond acceptors (Lipinski definition) is 4. The van der Waals surface area contributed by atoms with Gasteiger partial charge in [0.25, 0.3) is 11.5 Å². The van der Waals surface area contributed by atoms with Crippen LogP contribution < -0.4 is 16.6 Å². The molecule has 1 aromatic carbocycles. The lowest BCUT2D eigenvalue weighted by molar-refractivity contribution is 0.0949. The summed E-state index contributed by atoms with van der Waals surface area (Å²) >= 11 is 0. The lowest BCUT2D eigenvalue weighted by atomic mass is 9.99. The van der Waals surface area contributed by atoms with Crippen LogP contribution in [0.4, 0.5) is 0 Å². The van der Waals surface area contributed by atoms with Crippen molar-refractivity contribution in [3.05, 3.63) is 81.9 Å². The first-order chi connectivity index (χ1) is 12.5. The van der Waals surface area contributed by atoms with Crippen LogP contribution in [-0.2, 0) is 0 Å². The van der Waals surface area contributed by atoms with Crippen molar-refractivity contribution in [1.29, 1.82) is 0 Å². The van der Waals surface area contributed by atoms with Crippen molar-refractivity contribution in [2.75, 3.05) is 6.54 Å².